The van der Waals surface area contributed by atoms with E-state index in [1.165, 1.54) is 25.1 Å². The Morgan fingerprint density at radius 1 is 1.17 bits per heavy atom. The van der Waals surface area contributed by atoms with Crippen LogP contribution in [0.3, 0.4) is 0 Å². The summed E-state index contributed by atoms with van der Waals surface area (Å²) in [7, 11) is 3.98. The maximum Gasteiger partial charge on any atom is 0.164 e. The zero-order valence-electron chi connectivity index (χ0n) is 14.1. The summed E-state index contributed by atoms with van der Waals surface area (Å²) < 4.78 is 17.2. The Labute approximate surface area is 138 Å². The normalized spacial score (nSPS) is 27.7. The van der Waals surface area contributed by atoms with Crippen molar-refractivity contribution >= 4 is 0 Å². The number of nitrogens with zero attached hydrogens (tertiary/aromatic N) is 2. The first-order valence-electron chi connectivity index (χ1n) is 8.63. The highest BCUT2D eigenvalue weighted by Crippen LogP contribution is 2.38. The summed E-state index contributed by atoms with van der Waals surface area (Å²) in [4.78, 5) is 5.06. The predicted octanol–water partition coefficient (Wildman–Crippen LogP) is 1.99. The Bertz CT molecular complexity index is 578. The molecule has 2 atom stereocenters. The van der Waals surface area contributed by atoms with Crippen molar-refractivity contribution in [2.75, 3.05) is 47.0 Å². The van der Waals surface area contributed by atoms with Crippen LogP contribution >= 0.6 is 0 Å². The lowest BCUT2D eigenvalue weighted by atomic mass is 10.1. The maximum atomic E-state index is 5.84. The van der Waals surface area contributed by atoms with Crippen LogP contribution in [0.15, 0.2) is 12.1 Å². The second-order valence-corrected chi connectivity index (χ2v) is 6.95. The van der Waals surface area contributed by atoms with Crippen molar-refractivity contribution in [3.8, 4) is 17.2 Å². The minimum atomic E-state index is 0.706. The van der Waals surface area contributed by atoms with Gasteiger partial charge >= 0.3 is 0 Å². The third kappa shape index (κ3) is 2.88. The average molecular weight is 318 g/mol. The molecule has 4 rings (SSSR count). The van der Waals surface area contributed by atoms with Gasteiger partial charge in [0.05, 0.1) is 20.3 Å². The van der Waals surface area contributed by atoms with Gasteiger partial charge in [-0.1, -0.05) is 0 Å². The maximum absolute atomic E-state index is 5.84. The van der Waals surface area contributed by atoms with E-state index in [0.29, 0.717) is 6.61 Å². The molecule has 0 aromatic heterocycles. The van der Waals surface area contributed by atoms with E-state index in [-0.39, 0.29) is 0 Å². The molecule has 5 nitrogen and oxygen atoms in total. The van der Waals surface area contributed by atoms with Crippen LogP contribution in [0, 0.1) is 5.92 Å². The number of likely N-dealkylation sites (N-methyl/N-ethyl adjacent to an activating group) is 1. The van der Waals surface area contributed by atoms with Gasteiger partial charge in [0.2, 0.25) is 0 Å². The highest BCUT2D eigenvalue weighted by Gasteiger charge is 2.39. The molecule has 2 saturated heterocycles. The Kier molecular flexibility index (Phi) is 4.07. The van der Waals surface area contributed by atoms with E-state index >= 15 is 0 Å². The Morgan fingerprint density at radius 3 is 2.70 bits per heavy atom. The molecule has 1 aromatic carbocycles. The molecule has 1 aromatic rings. The summed E-state index contributed by atoms with van der Waals surface area (Å²) in [6.07, 6.45) is 2.25. The Morgan fingerprint density at radius 2 is 1.96 bits per heavy atom. The lowest BCUT2D eigenvalue weighted by Crippen LogP contribution is -2.32. The van der Waals surface area contributed by atoms with Gasteiger partial charge in [-0.3, -0.25) is 4.90 Å². The summed E-state index contributed by atoms with van der Waals surface area (Å²) in [5.74, 6) is 3.39. The molecule has 3 heterocycles. The first-order valence-corrected chi connectivity index (χ1v) is 8.63. The van der Waals surface area contributed by atoms with Crippen LogP contribution in [0.1, 0.15) is 18.4 Å². The van der Waals surface area contributed by atoms with Crippen LogP contribution in [0.5, 0.6) is 17.2 Å². The van der Waals surface area contributed by atoms with Crippen LogP contribution in [0.2, 0.25) is 0 Å². The predicted molar refractivity (Wildman–Crippen MR) is 88.4 cm³/mol. The first kappa shape index (κ1) is 15.1. The zero-order valence-corrected chi connectivity index (χ0v) is 14.1. The van der Waals surface area contributed by atoms with E-state index in [1.54, 1.807) is 7.11 Å². The number of hydrogen-bond donors (Lipinski definition) is 0. The van der Waals surface area contributed by atoms with Crippen molar-refractivity contribution < 1.29 is 14.2 Å². The second kappa shape index (κ2) is 6.21. The third-order valence-electron chi connectivity index (χ3n) is 5.45. The van der Waals surface area contributed by atoms with Crippen molar-refractivity contribution in [1.29, 1.82) is 0 Å². The van der Waals surface area contributed by atoms with Crippen molar-refractivity contribution in [3.63, 3.8) is 0 Å². The van der Waals surface area contributed by atoms with E-state index in [2.05, 4.69) is 22.9 Å². The quantitative estimate of drug-likeness (QED) is 0.851. The van der Waals surface area contributed by atoms with Gasteiger partial charge in [-0.25, -0.2) is 0 Å². The number of hydrogen-bond acceptors (Lipinski definition) is 5. The fourth-order valence-corrected chi connectivity index (χ4v) is 4.18. The summed E-state index contributed by atoms with van der Waals surface area (Å²) in [6, 6.07) is 4.82. The minimum absolute atomic E-state index is 0.706. The second-order valence-electron chi connectivity index (χ2n) is 6.95. The summed E-state index contributed by atoms with van der Waals surface area (Å²) in [5.41, 5.74) is 1.19. The molecule has 3 aliphatic heterocycles. The number of likely N-dealkylation sites (tertiary alicyclic amines) is 2. The largest absolute Gasteiger partial charge is 0.496 e. The Balaban J connectivity index is 1.53. The average Bonchev–Trinajstić information content (AvgIpc) is 3.01. The standard InChI is InChI=1S/C18H26N2O3/c1-19-5-4-13-10-20(12-15(13)19)11-14-8-17-18(9-16(14)21-2)23-7-3-6-22-17/h8-9,13,15H,3-7,10-12H2,1-2H3/t13-,15+/m0/s1. The fourth-order valence-electron chi connectivity index (χ4n) is 4.18. The van der Waals surface area contributed by atoms with Gasteiger partial charge in [-0.2, -0.15) is 0 Å². The van der Waals surface area contributed by atoms with E-state index in [0.717, 1.165) is 55.3 Å². The molecule has 3 aliphatic rings. The lowest BCUT2D eigenvalue weighted by Gasteiger charge is -2.22. The molecule has 0 aliphatic carbocycles. The number of benzene rings is 1. The van der Waals surface area contributed by atoms with Gasteiger partial charge in [0.15, 0.2) is 11.5 Å². The van der Waals surface area contributed by atoms with Gasteiger partial charge in [0.25, 0.3) is 0 Å². The minimum Gasteiger partial charge on any atom is -0.496 e. The molecule has 0 bridgehead atoms. The molecule has 0 unspecified atom stereocenters. The van der Waals surface area contributed by atoms with Crippen LogP contribution in [-0.2, 0) is 6.54 Å². The van der Waals surface area contributed by atoms with E-state index in [4.69, 9.17) is 14.2 Å². The van der Waals surface area contributed by atoms with Crippen LogP contribution in [0.25, 0.3) is 0 Å². The highest BCUT2D eigenvalue weighted by molar-refractivity contribution is 5.51. The zero-order chi connectivity index (χ0) is 15.8. The van der Waals surface area contributed by atoms with Gasteiger partial charge in [0, 0.05) is 43.7 Å². The van der Waals surface area contributed by atoms with Gasteiger partial charge in [-0.05, 0) is 32.0 Å². The molecule has 2 fully saturated rings. The first-order chi connectivity index (χ1) is 11.2. The summed E-state index contributed by atoms with van der Waals surface area (Å²) in [6.45, 7) is 5.93. The fraction of sp³-hybridized carbons (Fsp3) is 0.667. The van der Waals surface area contributed by atoms with Crippen molar-refractivity contribution in [1.82, 2.24) is 9.80 Å². The summed E-state index contributed by atoms with van der Waals surface area (Å²) in [5, 5.41) is 0. The number of methoxy groups -OCH3 is 1. The third-order valence-corrected chi connectivity index (χ3v) is 5.45. The van der Waals surface area contributed by atoms with Crippen LogP contribution in [-0.4, -0.2) is 62.8 Å². The molecule has 5 heteroatoms. The molecule has 0 radical (unpaired) electrons. The number of rotatable bonds is 3. The molecule has 0 amide bonds. The molecule has 0 spiro atoms. The molecule has 23 heavy (non-hydrogen) atoms. The van der Waals surface area contributed by atoms with Crippen LogP contribution in [0.4, 0.5) is 0 Å². The van der Waals surface area contributed by atoms with Crippen LogP contribution < -0.4 is 14.2 Å². The van der Waals surface area contributed by atoms with E-state index in [1.807, 2.05) is 6.07 Å². The van der Waals surface area contributed by atoms with Gasteiger partial charge in [-0.15, -0.1) is 0 Å². The van der Waals surface area contributed by atoms with Gasteiger partial charge in [0.1, 0.15) is 5.75 Å². The number of ether oxygens (including phenoxy) is 3. The monoisotopic (exact) mass is 318 g/mol. The number of fused-ring (bicyclic) bond motifs is 2. The molecular formula is C18H26N2O3. The molecule has 126 valence electrons. The highest BCUT2D eigenvalue weighted by atomic mass is 16.5. The SMILES string of the molecule is COc1cc2c(cc1CN1C[C@@H]3CCN(C)[C@@H]3C1)OCCCO2. The van der Waals surface area contributed by atoms with E-state index in [9.17, 15) is 0 Å². The summed E-state index contributed by atoms with van der Waals surface area (Å²) >= 11 is 0. The Hall–Kier alpha value is -1.46. The topological polar surface area (TPSA) is 34.2 Å². The molecule has 0 N–H and O–H groups in total. The van der Waals surface area contributed by atoms with Crippen molar-refractivity contribution in [2.24, 2.45) is 5.92 Å². The molecular weight excluding hydrogens is 292 g/mol. The van der Waals surface area contributed by atoms with E-state index < -0.39 is 0 Å². The van der Waals surface area contributed by atoms with Crippen molar-refractivity contribution in [3.05, 3.63) is 17.7 Å². The molecule has 0 saturated carbocycles. The van der Waals surface area contributed by atoms with Gasteiger partial charge < -0.3 is 19.1 Å². The smallest absolute Gasteiger partial charge is 0.164 e. The lowest BCUT2D eigenvalue weighted by molar-refractivity contribution is 0.252. The van der Waals surface area contributed by atoms with Crippen molar-refractivity contribution in [2.45, 2.75) is 25.4 Å².